The number of carbonyl (C=O) groups excluding carboxylic acids is 1. The second-order valence-corrected chi connectivity index (χ2v) is 5.29. The van der Waals surface area contributed by atoms with Crippen LogP contribution in [0.25, 0.3) is 0 Å². The first-order chi connectivity index (χ1) is 10.0. The summed E-state index contributed by atoms with van der Waals surface area (Å²) in [5.74, 6) is -0.254. The minimum absolute atomic E-state index is 0.0893. The minimum Gasteiger partial charge on any atom is -0.383 e. The molecule has 114 valence electrons. The Balaban J connectivity index is 2.09. The van der Waals surface area contributed by atoms with Gasteiger partial charge in [0.1, 0.15) is 5.69 Å². The number of rotatable bonds is 4. The van der Waals surface area contributed by atoms with E-state index in [1.165, 1.54) is 6.07 Å². The molecule has 0 aliphatic carbocycles. The van der Waals surface area contributed by atoms with Gasteiger partial charge in [0, 0.05) is 24.7 Å². The molecule has 0 saturated carbocycles. The number of carbonyl (C=O) groups is 1. The van der Waals surface area contributed by atoms with Gasteiger partial charge >= 0.3 is 0 Å². The fraction of sp³-hybridized carbons (Fsp3) is 0.500. The molecule has 1 amide bonds. The Morgan fingerprint density at radius 3 is 2.62 bits per heavy atom. The van der Waals surface area contributed by atoms with Crippen molar-refractivity contribution in [1.82, 2.24) is 10.2 Å². The van der Waals surface area contributed by atoms with E-state index in [9.17, 15) is 14.9 Å². The van der Waals surface area contributed by atoms with Gasteiger partial charge < -0.3 is 15.5 Å². The molecular weight excluding hydrogens is 272 g/mol. The van der Waals surface area contributed by atoms with Gasteiger partial charge in [0.15, 0.2) is 0 Å². The number of piperidine rings is 1. The monoisotopic (exact) mass is 292 g/mol. The van der Waals surface area contributed by atoms with Gasteiger partial charge in [0.05, 0.1) is 4.92 Å². The Morgan fingerprint density at radius 1 is 1.38 bits per heavy atom. The lowest BCUT2D eigenvalue weighted by molar-refractivity contribution is -0.384. The highest BCUT2D eigenvalue weighted by Crippen LogP contribution is 2.25. The molecule has 7 heteroatoms. The number of hydrogen-bond acceptors (Lipinski definition) is 5. The number of benzene rings is 1. The summed E-state index contributed by atoms with van der Waals surface area (Å²) in [4.78, 5) is 24.9. The molecule has 1 saturated heterocycles. The third-order valence-electron chi connectivity index (χ3n) is 3.78. The van der Waals surface area contributed by atoms with Crippen molar-refractivity contribution in [3.8, 4) is 0 Å². The van der Waals surface area contributed by atoms with E-state index in [4.69, 9.17) is 0 Å². The standard InChI is InChI=1S/C14H20N4O3/c1-15-12-4-3-10(9-13(12)18(20)21)14(19)16-11-5-7-17(2)8-6-11/h3-4,9,11,15H,5-8H2,1-2H3,(H,16,19). The predicted octanol–water partition coefficient (Wildman–Crippen LogP) is 1.46. The predicted molar refractivity (Wildman–Crippen MR) is 80.6 cm³/mol. The van der Waals surface area contributed by atoms with E-state index in [0.717, 1.165) is 25.9 Å². The van der Waals surface area contributed by atoms with E-state index in [2.05, 4.69) is 22.6 Å². The highest BCUT2D eigenvalue weighted by molar-refractivity contribution is 5.95. The van der Waals surface area contributed by atoms with Gasteiger partial charge in [-0.3, -0.25) is 14.9 Å². The normalized spacial score (nSPS) is 16.5. The molecule has 0 atom stereocenters. The number of nitrogens with zero attached hydrogens (tertiary/aromatic N) is 2. The highest BCUT2D eigenvalue weighted by atomic mass is 16.6. The van der Waals surface area contributed by atoms with Crippen molar-refractivity contribution in [2.24, 2.45) is 0 Å². The largest absolute Gasteiger partial charge is 0.383 e. The van der Waals surface area contributed by atoms with Gasteiger partial charge in [-0.2, -0.15) is 0 Å². The molecule has 1 aliphatic rings. The van der Waals surface area contributed by atoms with E-state index in [1.54, 1.807) is 19.2 Å². The van der Waals surface area contributed by atoms with Crippen LogP contribution in [0.5, 0.6) is 0 Å². The average molecular weight is 292 g/mol. The van der Waals surface area contributed by atoms with Crippen molar-refractivity contribution in [2.45, 2.75) is 18.9 Å². The molecule has 0 bridgehead atoms. The molecule has 0 aromatic heterocycles. The quantitative estimate of drug-likeness (QED) is 0.648. The first-order valence-electron chi connectivity index (χ1n) is 6.97. The third kappa shape index (κ3) is 3.69. The Hall–Kier alpha value is -2.15. The summed E-state index contributed by atoms with van der Waals surface area (Å²) in [7, 11) is 3.67. The Labute approximate surface area is 123 Å². The molecule has 21 heavy (non-hydrogen) atoms. The molecule has 0 unspecified atom stereocenters. The van der Waals surface area contributed by atoms with Crippen LogP contribution in [0, 0.1) is 10.1 Å². The summed E-state index contributed by atoms with van der Waals surface area (Å²) in [6.45, 7) is 1.90. The number of likely N-dealkylation sites (tertiary alicyclic amines) is 1. The summed E-state index contributed by atoms with van der Waals surface area (Å²) in [6, 6.07) is 4.61. The Bertz CT molecular complexity index is 539. The maximum Gasteiger partial charge on any atom is 0.293 e. The van der Waals surface area contributed by atoms with Gasteiger partial charge in [-0.1, -0.05) is 0 Å². The molecule has 1 heterocycles. The van der Waals surface area contributed by atoms with Crippen LogP contribution in [0.1, 0.15) is 23.2 Å². The van der Waals surface area contributed by atoms with Crippen LogP contribution >= 0.6 is 0 Å². The number of anilines is 1. The van der Waals surface area contributed by atoms with Crippen molar-refractivity contribution >= 4 is 17.3 Å². The van der Waals surface area contributed by atoms with Crippen LogP contribution in [-0.2, 0) is 0 Å². The molecule has 1 aromatic rings. The average Bonchev–Trinajstić information content (AvgIpc) is 2.48. The Morgan fingerprint density at radius 2 is 2.05 bits per heavy atom. The number of nitro groups is 1. The van der Waals surface area contributed by atoms with E-state index in [-0.39, 0.29) is 17.6 Å². The molecule has 0 radical (unpaired) electrons. The van der Waals surface area contributed by atoms with Crippen molar-refractivity contribution in [2.75, 3.05) is 32.5 Å². The maximum absolute atomic E-state index is 12.2. The Kier molecular flexibility index (Phi) is 4.74. The van der Waals surface area contributed by atoms with Gasteiger partial charge in [0.25, 0.3) is 11.6 Å². The second-order valence-electron chi connectivity index (χ2n) is 5.29. The first kappa shape index (κ1) is 15.2. The van der Waals surface area contributed by atoms with E-state index >= 15 is 0 Å². The van der Waals surface area contributed by atoms with Crippen molar-refractivity contribution in [3.63, 3.8) is 0 Å². The van der Waals surface area contributed by atoms with Crippen LogP contribution in [0.2, 0.25) is 0 Å². The van der Waals surface area contributed by atoms with Crippen molar-refractivity contribution in [3.05, 3.63) is 33.9 Å². The summed E-state index contributed by atoms with van der Waals surface area (Å²) in [6.07, 6.45) is 1.80. The highest BCUT2D eigenvalue weighted by Gasteiger charge is 2.21. The van der Waals surface area contributed by atoms with E-state index in [1.807, 2.05) is 0 Å². The molecule has 1 aliphatic heterocycles. The number of nitro benzene ring substituents is 1. The fourth-order valence-corrected chi connectivity index (χ4v) is 2.46. The molecule has 1 aromatic carbocycles. The fourth-order valence-electron chi connectivity index (χ4n) is 2.46. The maximum atomic E-state index is 12.2. The minimum atomic E-state index is -0.488. The summed E-state index contributed by atoms with van der Waals surface area (Å²) >= 11 is 0. The van der Waals surface area contributed by atoms with Crippen LogP contribution < -0.4 is 10.6 Å². The zero-order valence-corrected chi connectivity index (χ0v) is 12.3. The SMILES string of the molecule is CNc1ccc(C(=O)NC2CCN(C)CC2)cc1[N+](=O)[O-]. The molecule has 7 nitrogen and oxygen atoms in total. The number of hydrogen-bond donors (Lipinski definition) is 2. The van der Waals surface area contributed by atoms with Gasteiger partial charge in [0.2, 0.25) is 0 Å². The molecule has 2 rings (SSSR count). The summed E-state index contributed by atoms with van der Waals surface area (Å²) < 4.78 is 0. The molecule has 0 spiro atoms. The van der Waals surface area contributed by atoms with Gasteiger partial charge in [-0.15, -0.1) is 0 Å². The van der Waals surface area contributed by atoms with Crippen LogP contribution in [0.3, 0.4) is 0 Å². The van der Waals surface area contributed by atoms with Gasteiger partial charge in [-0.05, 0) is 45.1 Å². The van der Waals surface area contributed by atoms with Crippen LogP contribution in [-0.4, -0.2) is 49.0 Å². The third-order valence-corrected chi connectivity index (χ3v) is 3.78. The molecule has 2 N–H and O–H groups in total. The number of amides is 1. The van der Waals surface area contributed by atoms with E-state index in [0.29, 0.717) is 11.3 Å². The topological polar surface area (TPSA) is 87.5 Å². The second kappa shape index (κ2) is 6.53. The van der Waals surface area contributed by atoms with Crippen LogP contribution in [0.15, 0.2) is 18.2 Å². The summed E-state index contributed by atoms with van der Waals surface area (Å²) in [5.41, 5.74) is 0.629. The number of nitrogens with one attached hydrogen (secondary N) is 2. The van der Waals surface area contributed by atoms with E-state index < -0.39 is 4.92 Å². The van der Waals surface area contributed by atoms with Crippen molar-refractivity contribution < 1.29 is 9.72 Å². The van der Waals surface area contributed by atoms with Crippen molar-refractivity contribution in [1.29, 1.82) is 0 Å². The lowest BCUT2D eigenvalue weighted by Gasteiger charge is -2.29. The lowest BCUT2D eigenvalue weighted by Crippen LogP contribution is -2.43. The van der Waals surface area contributed by atoms with Crippen LogP contribution in [0.4, 0.5) is 11.4 Å². The molecular formula is C14H20N4O3. The zero-order valence-electron chi connectivity index (χ0n) is 12.3. The summed E-state index contributed by atoms with van der Waals surface area (Å²) in [5, 5.41) is 16.7. The first-order valence-corrected chi connectivity index (χ1v) is 6.97. The zero-order chi connectivity index (χ0) is 15.4. The molecule has 1 fully saturated rings. The van der Waals surface area contributed by atoms with Gasteiger partial charge in [-0.25, -0.2) is 0 Å². The lowest BCUT2D eigenvalue weighted by atomic mass is 10.0. The smallest absolute Gasteiger partial charge is 0.293 e.